The van der Waals surface area contributed by atoms with Gasteiger partial charge in [0.2, 0.25) is 5.82 Å². The number of nitrogens with two attached hydrogens (primary N) is 1. The maximum atomic E-state index is 13.1. The van der Waals surface area contributed by atoms with Crippen molar-refractivity contribution in [2.24, 2.45) is 10.7 Å². The zero-order valence-corrected chi connectivity index (χ0v) is 8.12. The summed E-state index contributed by atoms with van der Waals surface area (Å²) >= 11 is 0. The third-order valence-electron chi connectivity index (χ3n) is 1.79. The summed E-state index contributed by atoms with van der Waals surface area (Å²) in [5.41, 5.74) is 3.91. The number of nitrogens with zero attached hydrogens (tertiary/aromatic N) is 1. The van der Waals surface area contributed by atoms with E-state index in [4.69, 9.17) is 5.73 Å². The van der Waals surface area contributed by atoms with Gasteiger partial charge in [-0.2, -0.15) is 0 Å². The fourth-order valence-electron chi connectivity index (χ4n) is 1.08. The fourth-order valence-corrected chi connectivity index (χ4v) is 1.08. The van der Waals surface area contributed by atoms with Gasteiger partial charge in [-0.3, -0.25) is 4.99 Å². The molecular weight excluding hydrogens is 231 g/mol. The van der Waals surface area contributed by atoms with E-state index in [1.54, 1.807) is 0 Å². The minimum atomic E-state index is -2.22. The highest BCUT2D eigenvalue weighted by atomic mass is 19.2. The van der Waals surface area contributed by atoms with Crippen molar-refractivity contribution in [3.63, 3.8) is 0 Å². The van der Waals surface area contributed by atoms with Gasteiger partial charge in [0.1, 0.15) is 5.84 Å². The van der Waals surface area contributed by atoms with Crippen LogP contribution in [0.15, 0.2) is 4.99 Å². The van der Waals surface area contributed by atoms with E-state index >= 15 is 0 Å². The molecule has 1 aromatic carbocycles. The first-order valence-electron chi connectivity index (χ1n) is 4.23. The summed E-state index contributed by atoms with van der Waals surface area (Å²) in [4.78, 5) is 3.39. The van der Waals surface area contributed by atoms with Crippen LogP contribution in [0.1, 0.15) is 12.5 Å². The predicted molar refractivity (Wildman–Crippen MR) is 47.5 cm³/mol. The van der Waals surface area contributed by atoms with E-state index in [-0.39, 0.29) is 6.54 Å². The Kier molecular flexibility index (Phi) is 3.46. The van der Waals surface area contributed by atoms with Crippen molar-refractivity contribution in [1.82, 2.24) is 0 Å². The van der Waals surface area contributed by atoms with E-state index < -0.39 is 40.5 Å². The number of hydrogen-bond acceptors (Lipinski definition) is 1. The molecule has 7 heteroatoms. The molecule has 0 amide bonds. The molecule has 2 nitrogen and oxygen atoms in total. The Bertz CT molecular complexity index is 427. The molecule has 0 bridgehead atoms. The van der Waals surface area contributed by atoms with Crippen LogP contribution in [0.4, 0.5) is 22.0 Å². The Morgan fingerprint density at radius 2 is 1.31 bits per heavy atom. The van der Waals surface area contributed by atoms with Gasteiger partial charge in [0.15, 0.2) is 23.3 Å². The third-order valence-corrected chi connectivity index (χ3v) is 1.79. The molecule has 1 aromatic rings. The van der Waals surface area contributed by atoms with Crippen molar-refractivity contribution in [2.45, 2.75) is 6.92 Å². The summed E-state index contributed by atoms with van der Waals surface area (Å²) in [6.45, 7) is 1.56. The lowest BCUT2D eigenvalue weighted by Crippen LogP contribution is -2.21. The van der Waals surface area contributed by atoms with Gasteiger partial charge in [0, 0.05) is 6.54 Å². The molecule has 0 aliphatic rings. The van der Waals surface area contributed by atoms with E-state index in [9.17, 15) is 22.0 Å². The second-order valence-electron chi connectivity index (χ2n) is 2.80. The molecule has 0 fully saturated rings. The average molecular weight is 238 g/mol. The van der Waals surface area contributed by atoms with Crippen LogP contribution in [-0.4, -0.2) is 12.4 Å². The first-order chi connectivity index (χ1) is 7.41. The summed E-state index contributed by atoms with van der Waals surface area (Å²) in [5, 5.41) is 0. The van der Waals surface area contributed by atoms with Gasteiger partial charge >= 0.3 is 0 Å². The first kappa shape index (κ1) is 12.4. The van der Waals surface area contributed by atoms with Crippen LogP contribution in [0.3, 0.4) is 0 Å². The van der Waals surface area contributed by atoms with Crippen molar-refractivity contribution in [1.29, 1.82) is 0 Å². The van der Waals surface area contributed by atoms with Crippen molar-refractivity contribution in [2.75, 3.05) is 6.54 Å². The number of halogens is 5. The Morgan fingerprint density at radius 3 is 1.69 bits per heavy atom. The zero-order chi connectivity index (χ0) is 12.5. The normalized spacial score (nSPS) is 12.0. The maximum absolute atomic E-state index is 13.1. The summed E-state index contributed by atoms with van der Waals surface area (Å²) in [7, 11) is 0. The molecule has 0 unspecified atom stereocenters. The van der Waals surface area contributed by atoms with E-state index in [1.165, 1.54) is 6.92 Å². The Hall–Kier alpha value is -1.66. The molecule has 0 atom stereocenters. The highest BCUT2D eigenvalue weighted by molar-refractivity contribution is 5.98. The molecule has 1 rings (SSSR count). The van der Waals surface area contributed by atoms with Gasteiger partial charge in [-0.25, -0.2) is 22.0 Å². The van der Waals surface area contributed by atoms with Crippen molar-refractivity contribution < 1.29 is 22.0 Å². The van der Waals surface area contributed by atoms with Gasteiger partial charge in [0.25, 0.3) is 0 Å². The molecule has 0 radical (unpaired) electrons. The topological polar surface area (TPSA) is 38.4 Å². The number of hydrogen-bond donors (Lipinski definition) is 1. The SMILES string of the molecule is CCN=C(N)c1c(F)c(F)c(F)c(F)c1F. The fraction of sp³-hybridized carbons (Fsp3) is 0.222. The number of benzene rings is 1. The summed E-state index contributed by atoms with van der Waals surface area (Å²) in [5.74, 6) is -11.0. The Balaban J connectivity index is 3.58. The summed E-state index contributed by atoms with van der Waals surface area (Å²) in [6, 6.07) is 0. The van der Waals surface area contributed by atoms with Crippen molar-refractivity contribution in [3.05, 3.63) is 34.6 Å². The number of aliphatic imine (C=N–C) groups is 1. The average Bonchev–Trinajstić information content (AvgIpc) is 2.24. The van der Waals surface area contributed by atoms with Gasteiger partial charge in [-0.1, -0.05) is 0 Å². The van der Waals surface area contributed by atoms with Crippen LogP contribution < -0.4 is 5.73 Å². The van der Waals surface area contributed by atoms with Gasteiger partial charge < -0.3 is 5.73 Å². The third kappa shape index (κ3) is 1.84. The quantitative estimate of drug-likeness (QED) is 0.277. The smallest absolute Gasteiger partial charge is 0.200 e. The molecule has 0 spiro atoms. The molecule has 0 aliphatic heterocycles. The van der Waals surface area contributed by atoms with Crippen LogP contribution in [0, 0.1) is 29.1 Å². The van der Waals surface area contributed by atoms with E-state index in [0.717, 1.165) is 0 Å². The monoisotopic (exact) mass is 238 g/mol. The Morgan fingerprint density at radius 1 is 0.938 bits per heavy atom. The van der Waals surface area contributed by atoms with Crippen LogP contribution in [0.25, 0.3) is 0 Å². The Labute approximate surface area is 87.6 Å². The maximum Gasteiger partial charge on any atom is 0.200 e. The zero-order valence-electron chi connectivity index (χ0n) is 8.12. The van der Waals surface area contributed by atoms with Gasteiger partial charge in [-0.05, 0) is 6.92 Å². The number of rotatable bonds is 2. The lowest BCUT2D eigenvalue weighted by molar-refractivity contribution is 0.377. The standard InChI is InChI=1S/C9H7F5N2/c1-2-16-9(15)3-4(10)6(12)8(14)7(13)5(3)11/h2H2,1H3,(H2,15,16). The van der Waals surface area contributed by atoms with Crippen molar-refractivity contribution >= 4 is 5.84 Å². The predicted octanol–water partition coefficient (Wildman–Crippen LogP) is 2.11. The summed E-state index contributed by atoms with van der Waals surface area (Å²) in [6.07, 6.45) is 0. The molecule has 2 N–H and O–H groups in total. The molecule has 0 heterocycles. The van der Waals surface area contributed by atoms with Gasteiger partial charge in [-0.15, -0.1) is 0 Å². The molecule has 88 valence electrons. The van der Waals surface area contributed by atoms with Gasteiger partial charge in [0.05, 0.1) is 5.56 Å². The molecule has 0 saturated carbocycles. The molecule has 0 saturated heterocycles. The molecular formula is C9H7F5N2. The highest BCUT2D eigenvalue weighted by Crippen LogP contribution is 2.22. The van der Waals surface area contributed by atoms with E-state index in [1.807, 2.05) is 0 Å². The van der Waals surface area contributed by atoms with E-state index in [2.05, 4.69) is 4.99 Å². The van der Waals surface area contributed by atoms with E-state index in [0.29, 0.717) is 0 Å². The van der Waals surface area contributed by atoms with Crippen LogP contribution in [-0.2, 0) is 0 Å². The second kappa shape index (κ2) is 4.46. The molecule has 16 heavy (non-hydrogen) atoms. The number of amidine groups is 1. The largest absolute Gasteiger partial charge is 0.383 e. The van der Waals surface area contributed by atoms with Crippen LogP contribution in [0.2, 0.25) is 0 Å². The van der Waals surface area contributed by atoms with Crippen LogP contribution >= 0.6 is 0 Å². The van der Waals surface area contributed by atoms with Crippen molar-refractivity contribution in [3.8, 4) is 0 Å². The highest BCUT2D eigenvalue weighted by Gasteiger charge is 2.27. The summed E-state index contributed by atoms with van der Waals surface area (Å²) < 4.78 is 64.3. The van der Waals surface area contributed by atoms with Crippen LogP contribution in [0.5, 0.6) is 0 Å². The lowest BCUT2D eigenvalue weighted by Gasteiger charge is -2.07. The first-order valence-corrected chi connectivity index (χ1v) is 4.23. The minimum absolute atomic E-state index is 0.0608. The minimum Gasteiger partial charge on any atom is -0.383 e. The molecule has 0 aliphatic carbocycles. The second-order valence-corrected chi connectivity index (χ2v) is 2.80. The molecule has 0 aromatic heterocycles. The lowest BCUT2D eigenvalue weighted by atomic mass is 10.1.